The van der Waals surface area contributed by atoms with E-state index in [1.165, 1.54) is 244 Å². The van der Waals surface area contributed by atoms with E-state index in [4.69, 9.17) is 0 Å². The number of pyridine rings is 5. The van der Waals surface area contributed by atoms with Crippen molar-refractivity contribution in [1.29, 1.82) is 0 Å². The minimum atomic E-state index is -0.892. The van der Waals surface area contributed by atoms with Gasteiger partial charge in [-0.25, -0.2) is 51.9 Å². The van der Waals surface area contributed by atoms with Crippen LogP contribution >= 0.6 is 0 Å². The Balaban J connectivity index is 0.000000115. The molecule has 6 N–H and O–H groups in total. The predicted octanol–water partition coefficient (Wildman–Crippen LogP) is 27.2. The second-order valence-corrected chi connectivity index (χ2v) is 40.7. The van der Waals surface area contributed by atoms with E-state index < -0.39 is 57.9 Å². The normalized spacial score (nSPS) is 18.5. The first kappa shape index (κ1) is 96.3. The molecule has 6 fully saturated rings. The summed E-state index contributed by atoms with van der Waals surface area (Å²) in [5, 5.41) is 16.1. The van der Waals surface area contributed by atoms with Crippen LogP contribution in [0.25, 0.3) is 33.4 Å². The molecular weight excluding hydrogens is 1740 g/mol. The summed E-state index contributed by atoms with van der Waals surface area (Å²) in [6.45, 7) is 22.7. The number of allylic oxidation sites excluding steroid dienone is 12. The number of carbonyl (C=O) groups is 6. The molecule has 0 saturated heterocycles. The lowest BCUT2D eigenvalue weighted by Crippen LogP contribution is -2.18. The number of aromatic nitrogens is 7. The van der Waals surface area contributed by atoms with Crippen LogP contribution in [0.3, 0.4) is 0 Å². The number of nitrogens with zero attached hydrogens (tertiary/aromatic N) is 7. The number of halogens is 5. The molecule has 6 aromatic heterocycles. The molecule has 24 heteroatoms. The van der Waals surface area contributed by atoms with Gasteiger partial charge in [0.25, 0.3) is 23.6 Å². The number of anilines is 6. The number of benzene rings is 4. The van der Waals surface area contributed by atoms with E-state index in [0.29, 0.717) is 61.3 Å². The van der Waals surface area contributed by atoms with Crippen LogP contribution in [0, 0.1) is 80.3 Å². The van der Waals surface area contributed by atoms with Gasteiger partial charge >= 0.3 is 0 Å². The molecule has 6 spiro atoms. The molecule has 19 nitrogen and oxygen atoms in total. The highest BCUT2D eigenvalue weighted by molar-refractivity contribution is 6.07. The highest BCUT2D eigenvalue weighted by atomic mass is 19.1. The topological polar surface area (TPSA) is 265 Å². The fourth-order valence-corrected chi connectivity index (χ4v) is 21.7. The zero-order valence-electron chi connectivity index (χ0n) is 80.5. The summed E-state index contributed by atoms with van der Waals surface area (Å²) >= 11 is 0. The molecule has 6 amide bonds. The summed E-state index contributed by atoms with van der Waals surface area (Å²) < 4.78 is 68.4. The molecule has 10 aromatic rings. The molecule has 0 atom stereocenters. The predicted molar refractivity (Wildman–Crippen MR) is 533 cm³/mol. The Morgan fingerprint density at radius 3 is 0.783 bits per heavy atom. The maximum absolute atomic E-state index is 13.7. The van der Waals surface area contributed by atoms with Crippen LogP contribution < -0.4 is 31.9 Å². The van der Waals surface area contributed by atoms with Gasteiger partial charge in [-0.3, -0.25) is 33.8 Å². The van der Waals surface area contributed by atoms with Crippen LogP contribution in [0.1, 0.15) is 304 Å². The van der Waals surface area contributed by atoms with E-state index in [2.05, 4.69) is 120 Å². The molecule has 0 bridgehead atoms. The van der Waals surface area contributed by atoms with Crippen LogP contribution in [-0.2, 0) is 9.59 Å². The van der Waals surface area contributed by atoms with E-state index in [0.717, 1.165) is 65.1 Å². The van der Waals surface area contributed by atoms with Gasteiger partial charge in [0.2, 0.25) is 11.8 Å². The van der Waals surface area contributed by atoms with Crippen LogP contribution in [0.5, 0.6) is 0 Å². The molecule has 0 aliphatic heterocycles. The number of aryl methyl sites for hydroxylation is 1. The average Bonchev–Trinajstić information content (AvgIpc) is 1.60. The van der Waals surface area contributed by atoms with Crippen molar-refractivity contribution < 1.29 is 50.7 Å². The van der Waals surface area contributed by atoms with Gasteiger partial charge in [0.05, 0.1) is 23.7 Å². The Kier molecular flexibility index (Phi) is 27.6. The minimum Gasteiger partial charge on any atom is -0.310 e. The van der Waals surface area contributed by atoms with E-state index in [1.807, 2.05) is 108 Å². The van der Waals surface area contributed by atoms with Gasteiger partial charge in [-0.05, 0) is 405 Å². The molecule has 0 radical (unpaired) electrons. The van der Waals surface area contributed by atoms with Gasteiger partial charge in [-0.2, -0.15) is 0 Å². The molecule has 22 rings (SSSR count). The van der Waals surface area contributed by atoms with Gasteiger partial charge < -0.3 is 31.9 Å². The first-order valence-electron chi connectivity index (χ1n) is 48.6. The maximum atomic E-state index is 13.7. The zero-order valence-corrected chi connectivity index (χ0v) is 80.5. The lowest BCUT2D eigenvalue weighted by atomic mass is 9.92. The van der Waals surface area contributed by atoms with E-state index >= 15 is 0 Å². The number of amides is 6. The third-order valence-electron chi connectivity index (χ3n) is 30.3. The van der Waals surface area contributed by atoms with E-state index in [-0.39, 0.29) is 46.8 Å². The summed E-state index contributed by atoms with van der Waals surface area (Å²) in [4.78, 5) is 103. The fraction of sp³-hybridized carbons (Fsp3) is 0.377. The highest BCUT2D eigenvalue weighted by Gasteiger charge is 2.55. The van der Waals surface area contributed by atoms with Crippen LogP contribution in [0.15, 0.2) is 222 Å². The number of carbonyl (C=O) groups excluding carboxylic acids is 6. The van der Waals surface area contributed by atoms with Crippen molar-refractivity contribution in [2.45, 2.75) is 230 Å². The van der Waals surface area contributed by atoms with Gasteiger partial charge in [0.15, 0.2) is 5.82 Å². The van der Waals surface area contributed by atoms with Crippen LogP contribution in [0.4, 0.5) is 56.9 Å². The Labute approximate surface area is 804 Å². The largest absolute Gasteiger partial charge is 0.310 e. The molecule has 712 valence electrons. The number of hydrogen-bond donors (Lipinski definition) is 6. The third-order valence-corrected chi connectivity index (χ3v) is 30.3. The first-order valence-corrected chi connectivity index (χ1v) is 48.6. The number of hydrogen-bond acceptors (Lipinski definition) is 13. The quantitative estimate of drug-likeness (QED) is 0.0437. The number of nitrogens with one attached hydrogen (secondary N) is 6. The molecule has 4 aromatic carbocycles. The van der Waals surface area contributed by atoms with Crippen molar-refractivity contribution in [3.05, 3.63) is 313 Å². The highest BCUT2D eigenvalue weighted by Crippen LogP contribution is 2.69. The summed E-state index contributed by atoms with van der Waals surface area (Å²) in [5.41, 5.74) is 27.0. The average molecular weight is 1860 g/mol. The summed E-state index contributed by atoms with van der Waals surface area (Å²) in [6.07, 6.45) is 42.4. The third kappa shape index (κ3) is 20.9. The maximum Gasteiger partial charge on any atom is 0.262 e. The first-order chi connectivity index (χ1) is 66.2. The van der Waals surface area contributed by atoms with E-state index in [9.17, 15) is 50.7 Å². The van der Waals surface area contributed by atoms with Gasteiger partial charge in [-0.15, -0.1) is 0 Å². The minimum absolute atomic E-state index is 0.0141. The Morgan fingerprint density at radius 2 is 0.507 bits per heavy atom. The monoisotopic (exact) mass is 1860 g/mol. The van der Waals surface area contributed by atoms with Crippen molar-refractivity contribution in [3.8, 4) is 0 Å². The second kappa shape index (κ2) is 39.6. The Bertz CT molecular complexity index is 6170. The van der Waals surface area contributed by atoms with Crippen LogP contribution in [0.2, 0.25) is 0 Å². The SMILES string of the molecule is CC1=C(c2ccc(NC(=O)C(C)C)nc2)C2(CC1)CC2.CC1=C(c2ccc(NC(=O)c3c(F)cccc3F)nc2)C2(CC1)CC2.CC1=C(c2ccc(NC(=O)c3c(F)cccc3F)nc2)C2(CC1)CC2.CC1=C(c2ccc(NC(=O)c3ccccc3C)nc2)C2(CC1)CC2.CC1=C(c2ccc(NC(=O)c3ccccc3F)nc2)C2(CC1)CC2.CC1=C(c2cnc(NC(=O)C(C)C)cn2)C2(CC1)CC2. The smallest absolute Gasteiger partial charge is 0.262 e. The molecule has 12 aliphatic carbocycles. The zero-order chi connectivity index (χ0) is 97.3. The van der Waals surface area contributed by atoms with Gasteiger partial charge in [0.1, 0.15) is 69.3 Å². The summed E-state index contributed by atoms with van der Waals surface area (Å²) in [5.74, 6) is -3.68. The Hall–Kier alpha value is -13.4. The van der Waals surface area contributed by atoms with Gasteiger partial charge in [0, 0.05) is 48.4 Å². The fourth-order valence-electron chi connectivity index (χ4n) is 21.7. The number of rotatable bonds is 18. The molecule has 12 aliphatic rings. The van der Waals surface area contributed by atoms with Crippen molar-refractivity contribution in [3.63, 3.8) is 0 Å². The summed E-state index contributed by atoms with van der Waals surface area (Å²) in [7, 11) is 0. The molecule has 138 heavy (non-hydrogen) atoms. The standard InChI is InChI=1S/C21H22N2O.2C20H18F2N2O.C20H19FN2O.C17H22N2O.C16H21N3O/c1-14-5-3-4-6-17(14)20(24)23-18-8-7-16(13-22-18)19-15(2)9-10-21(19)11-12-21;2*1-12-7-8-20(9-10-20)18(12)13-5-6-16(23-11-13)24-19(25)17-14(21)3-2-4-15(17)22;1-13-8-9-20(10-11-20)18(13)14-6-7-17(22-12-14)23-19(24)15-4-2-3-5-16(15)21;1-11(2)16(20)19-14-5-4-13(10-18-14)15-12(3)6-7-17(15)8-9-17;1-10(2)15(20)19-13-9-17-12(8-18-13)14-11(3)4-5-16(14)6-7-16/h3-8,13H,9-12H2,1-2H3,(H,22,23,24);2*2-6,11H,7-10H2,1H3,(H,23,24,25);2-7,12H,8-11H2,1H3,(H,22,23,24);4-5,10-11H,6-9H2,1-3H3,(H,18,19,20);8-10H,4-7H2,1-3H3,(H,18,19,20). The molecular formula is C114H120F5N13O6. The Morgan fingerprint density at radius 1 is 0.254 bits per heavy atom. The van der Waals surface area contributed by atoms with Crippen molar-refractivity contribution in [1.82, 2.24) is 34.9 Å². The lowest BCUT2D eigenvalue weighted by Gasteiger charge is -2.14. The molecule has 0 unspecified atom stereocenters. The van der Waals surface area contributed by atoms with Crippen molar-refractivity contribution >= 4 is 104 Å². The lowest BCUT2D eigenvalue weighted by molar-refractivity contribution is -0.119. The molecule has 6 heterocycles. The van der Waals surface area contributed by atoms with Crippen LogP contribution in [-0.4, -0.2) is 70.3 Å². The second-order valence-electron chi connectivity index (χ2n) is 40.7. The van der Waals surface area contributed by atoms with Crippen molar-refractivity contribution in [2.24, 2.45) is 44.3 Å². The van der Waals surface area contributed by atoms with E-state index in [1.54, 1.807) is 55.1 Å². The molecule has 6 saturated carbocycles. The summed E-state index contributed by atoms with van der Waals surface area (Å²) in [6, 6.07) is 39.2. The van der Waals surface area contributed by atoms with Gasteiger partial charge in [-0.1, -0.05) is 104 Å². The van der Waals surface area contributed by atoms with Crippen molar-refractivity contribution in [2.75, 3.05) is 31.9 Å².